The van der Waals surface area contributed by atoms with Crippen molar-refractivity contribution in [3.8, 4) is 0 Å². The van der Waals surface area contributed by atoms with Crippen LogP contribution in [0.2, 0.25) is 0 Å². The molecule has 2 amide bonds. The van der Waals surface area contributed by atoms with Crippen molar-refractivity contribution in [1.82, 2.24) is 24.7 Å². The highest BCUT2D eigenvalue weighted by Gasteiger charge is 2.37. The van der Waals surface area contributed by atoms with Crippen LogP contribution in [0.1, 0.15) is 45.0 Å². The maximum atomic E-state index is 13.3. The molecule has 1 N–H and O–H groups in total. The van der Waals surface area contributed by atoms with E-state index in [1.54, 1.807) is 6.20 Å². The van der Waals surface area contributed by atoms with E-state index >= 15 is 0 Å². The highest BCUT2D eigenvalue weighted by Crippen LogP contribution is 2.27. The molecule has 0 aromatic carbocycles. The SMILES string of the molecule is CCC(C)C(=O)N1CCCC(C(=O)N2CCNCC2c2nccn2C)C1. The average Bonchev–Trinajstić information content (AvgIpc) is 3.12. The molecule has 7 heteroatoms. The van der Waals surface area contributed by atoms with Gasteiger partial charge in [0.1, 0.15) is 11.9 Å². The van der Waals surface area contributed by atoms with Gasteiger partial charge in [-0.1, -0.05) is 13.8 Å². The molecule has 1 aromatic rings. The molecule has 0 spiro atoms. The van der Waals surface area contributed by atoms with Crippen molar-refractivity contribution in [3.63, 3.8) is 0 Å². The number of carbonyl (C=O) groups excluding carboxylic acids is 2. The largest absolute Gasteiger partial charge is 0.342 e. The monoisotopic (exact) mass is 361 g/mol. The molecule has 2 aliphatic heterocycles. The topological polar surface area (TPSA) is 70.5 Å². The molecule has 0 bridgehead atoms. The van der Waals surface area contributed by atoms with Crippen LogP contribution in [0.3, 0.4) is 0 Å². The van der Waals surface area contributed by atoms with Crippen molar-refractivity contribution in [2.75, 3.05) is 32.7 Å². The average molecular weight is 361 g/mol. The predicted molar refractivity (Wildman–Crippen MR) is 99.3 cm³/mol. The third kappa shape index (κ3) is 3.77. The second-order valence-electron chi connectivity index (χ2n) is 7.58. The van der Waals surface area contributed by atoms with Crippen LogP contribution in [0.25, 0.3) is 0 Å². The Balaban J connectivity index is 1.72. The lowest BCUT2D eigenvalue weighted by Gasteiger charge is -2.40. The van der Waals surface area contributed by atoms with Crippen LogP contribution in [0.5, 0.6) is 0 Å². The molecule has 26 heavy (non-hydrogen) atoms. The fraction of sp³-hybridized carbons (Fsp3) is 0.737. The number of piperidine rings is 1. The van der Waals surface area contributed by atoms with Crippen LogP contribution in [-0.2, 0) is 16.6 Å². The Hall–Kier alpha value is -1.89. The number of aryl methyl sites for hydroxylation is 1. The molecule has 0 aliphatic carbocycles. The zero-order chi connectivity index (χ0) is 18.7. The maximum absolute atomic E-state index is 13.3. The van der Waals surface area contributed by atoms with Gasteiger partial charge in [0.25, 0.3) is 0 Å². The molecule has 144 valence electrons. The van der Waals surface area contributed by atoms with Gasteiger partial charge in [-0.15, -0.1) is 0 Å². The Morgan fingerprint density at radius 1 is 1.38 bits per heavy atom. The second kappa shape index (κ2) is 8.20. The van der Waals surface area contributed by atoms with E-state index in [2.05, 4.69) is 10.3 Å². The Kier molecular flexibility index (Phi) is 5.96. The summed E-state index contributed by atoms with van der Waals surface area (Å²) in [6, 6.07) is -0.0445. The molecule has 3 heterocycles. The summed E-state index contributed by atoms with van der Waals surface area (Å²) in [6.07, 6.45) is 6.30. The van der Waals surface area contributed by atoms with Crippen LogP contribution in [-0.4, -0.2) is 63.9 Å². The van der Waals surface area contributed by atoms with E-state index < -0.39 is 0 Å². The Morgan fingerprint density at radius 3 is 2.88 bits per heavy atom. The normalized spacial score (nSPS) is 25.2. The number of piperazine rings is 1. The summed E-state index contributed by atoms with van der Waals surface area (Å²) in [7, 11) is 1.97. The summed E-state index contributed by atoms with van der Waals surface area (Å²) >= 11 is 0. The minimum atomic E-state index is -0.0994. The van der Waals surface area contributed by atoms with Crippen molar-refractivity contribution in [2.24, 2.45) is 18.9 Å². The van der Waals surface area contributed by atoms with Gasteiger partial charge in [-0.05, 0) is 19.3 Å². The quantitative estimate of drug-likeness (QED) is 0.874. The summed E-state index contributed by atoms with van der Waals surface area (Å²) in [5.74, 6) is 1.20. The van der Waals surface area contributed by atoms with E-state index in [1.165, 1.54) is 0 Å². The number of hydrogen-bond acceptors (Lipinski definition) is 4. The zero-order valence-electron chi connectivity index (χ0n) is 16.1. The summed E-state index contributed by atoms with van der Waals surface area (Å²) in [5, 5.41) is 3.38. The van der Waals surface area contributed by atoms with Gasteiger partial charge < -0.3 is 19.7 Å². The number of hydrogen-bond donors (Lipinski definition) is 1. The van der Waals surface area contributed by atoms with Crippen LogP contribution in [0, 0.1) is 11.8 Å². The van der Waals surface area contributed by atoms with Crippen LogP contribution < -0.4 is 5.32 Å². The number of rotatable bonds is 4. The van der Waals surface area contributed by atoms with Gasteiger partial charge in [-0.3, -0.25) is 9.59 Å². The van der Waals surface area contributed by atoms with Crippen molar-refractivity contribution in [1.29, 1.82) is 0 Å². The summed E-state index contributed by atoms with van der Waals surface area (Å²) in [5.41, 5.74) is 0. The minimum absolute atomic E-state index is 0.0309. The molecule has 2 fully saturated rings. The molecule has 3 atom stereocenters. The van der Waals surface area contributed by atoms with Crippen LogP contribution >= 0.6 is 0 Å². The predicted octanol–water partition coefficient (Wildman–Crippen LogP) is 1.18. The van der Waals surface area contributed by atoms with Crippen LogP contribution in [0.15, 0.2) is 12.4 Å². The molecule has 0 saturated carbocycles. The van der Waals surface area contributed by atoms with Crippen LogP contribution in [0.4, 0.5) is 0 Å². The molecule has 3 unspecified atom stereocenters. The molecule has 3 rings (SSSR count). The van der Waals surface area contributed by atoms with Gasteiger partial charge in [0.05, 0.1) is 5.92 Å². The number of nitrogens with one attached hydrogen (secondary N) is 1. The smallest absolute Gasteiger partial charge is 0.228 e. The standard InChI is InChI=1S/C19H31N5O2/c1-4-14(2)18(25)23-9-5-6-15(13-23)19(26)24-11-7-20-12-16(24)17-21-8-10-22(17)3/h8,10,14-16,20H,4-7,9,11-13H2,1-3H3. The van der Waals surface area contributed by atoms with Gasteiger partial charge in [0, 0.05) is 58.1 Å². The van der Waals surface area contributed by atoms with E-state index in [0.29, 0.717) is 13.1 Å². The number of amides is 2. The highest BCUT2D eigenvalue weighted by atomic mass is 16.2. The van der Waals surface area contributed by atoms with Gasteiger partial charge in [0.15, 0.2) is 0 Å². The number of nitrogens with zero attached hydrogens (tertiary/aromatic N) is 4. The number of likely N-dealkylation sites (tertiary alicyclic amines) is 1. The first-order chi connectivity index (χ1) is 12.5. The van der Waals surface area contributed by atoms with Gasteiger partial charge >= 0.3 is 0 Å². The third-order valence-electron chi connectivity index (χ3n) is 5.80. The first kappa shape index (κ1) is 18.9. The summed E-state index contributed by atoms with van der Waals surface area (Å²) in [4.78, 5) is 34.2. The van der Waals surface area contributed by atoms with E-state index in [4.69, 9.17) is 0 Å². The highest BCUT2D eigenvalue weighted by molar-refractivity contribution is 5.82. The molecular formula is C19H31N5O2. The Morgan fingerprint density at radius 2 is 2.19 bits per heavy atom. The van der Waals surface area contributed by atoms with Crippen molar-refractivity contribution < 1.29 is 9.59 Å². The minimum Gasteiger partial charge on any atom is -0.342 e. The number of aromatic nitrogens is 2. The van der Waals surface area contributed by atoms with Gasteiger partial charge in [-0.2, -0.15) is 0 Å². The lowest BCUT2D eigenvalue weighted by atomic mass is 9.94. The van der Waals surface area contributed by atoms with Crippen molar-refractivity contribution >= 4 is 11.8 Å². The van der Waals surface area contributed by atoms with Gasteiger partial charge in [-0.25, -0.2) is 4.98 Å². The Labute approximate surface area is 155 Å². The molecular weight excluding hydrogens is 330 g/mol. The molecule has 7 nitrogen and oxygen atoms in total. The zero-order valence-corrected chi connectivity index (χ0v) is 16.1. The van der Waals surface area contributed by atoms with E-state index in [-0.39, 0.29) is 29.7 Å². The molecule has 2 aliphatic rings. The number of imidazole rings is 1. The lowest BCUT2D eigenvalue weighted by Crippen LogP contribution is -2.54. The van der Waals surface area contributed by atoms with E-state index in [9.17, 15) is 9.59 Å². The van der Waals surface area contributed by atoms with Crippen molar-refractivity contribution in [3.05, 3.63) is 18.2 Å². The first-order valence-corrected chi connectivity index (χ1v) is 9.80. The lowest BCUT2D eigenvalue weighted by molar-refractivity contribution is -0.145. The second-order valence-corrected chi connectivity index (χ2v) is 7.58. The summed E-state index contributed by atoms with van der Waals surface area (Å²) < 4.78 is 1.98. The Bertz CT molecular complexity index is 644. The van der Waals surface area contributed by atoms with E-state index in [0.717, 1.165) is 44.7 Å². The van der Waals surface area contributed by atoms with Gasteiger partial charge in [0.2, 0.25) is 11.8 Å². The summed E-state index contributed by atoms with van der Waals surface area (Å²) in [6.45, 7) is 7.55. The number of carbonyl (C=O) groups is 2. The first-order valence-electron chi connectivity index (χ1n) is 9.80. The fourth-order valence-corrected chi connectivity index (χ4v) is 4.00. The van der Waals surface area contributed by atoms with E-state index in [1.807, 2.05) is 41.5 Å². The third-order valence-corrected chi connectivity index (χ3v) is 5.80. The molecule has 0 radical (unpaired) electrons. The molecule has 1 aromatic heterocycles. The fourth-order valence-electron chi connectivity index (χ4n) is 4.00. The van der Waals surface area contributed by atoms with Crippen molar-refractivity contribution in [2.45, 2.75) is 39.2 Å². The maximum Gasteiger partial charge on any atom is 0.228 e. The molecule has 2 saturated heterocycles.